The van der Waals surface area contributed by atoms with Gasteiger partial charge in [0.2, 0.25) is 5.95 Å². The lowest BCUT2D eigenvalue weighted by molar-refractivity contribution is 0.302. The second kappa shape index (κ2) is 6.55. The Hall–Kier alpha value is -2.57. The van der Waals surface area contributed by atoms with Crippen molar-refractivity contribution in [3.05, 3.63) is 24.3 Å². The zero-order valence-electron chi connectivity index (χ0n) is 11.6. The third-order valence-corrected chi connectivity index (χ3v) is 2.36. The van der Waals surface area contributed by atoms with Crippen LogP contribution in [0.15, 0.2) is 24.3 Å². The molecule has 0 spiro atoms. The van der Waals surface area contributed by atoms with Gasteiger partial charge in [-0.3, -0.25) is 0 Å². The molecule has 0 radical (unpaired) electrons. The van der Waals surface area contributed by atoms with Gasteiger partial charge in [0, 0.05) is 7.05 Å². The summed E-state index contributed by atoms with van der Waals surface area (Å²) in [4.78, 5) is 12.3. The zero-order chi connectivity index (χ0) is 14.4. The molecule has 0 aliphatic rings. The van der Waals surface area contributed by atoms with Crippen LogP contribution in [0.25, 0.3) is 0 Å². The first kappa shape index (κ1) is 13.9. The van der Waals surface area contributed by atoms with Gasteiger partial charge in [-0.1, -0.05) is 12.1 Å². The van der Waals surface area contributed by atoms with Crippen molar-refractivity contribution in [2.45, 2.75) is 6.92 Å². The summed E-state index contributed by atoms with van der Waals surface area (Å²) in [6, 6.07) is 7.58. The Morgan fingerprint density at radius 2 is 1.75 bits per heavy atom. The van der Waals surface area contributed by atoms with Crippen LogP contribution in [0.2, 0.25) is 0 Å². The molecule has 2 aromatic rings. The lowest BCUT2D eigenvalue weighted by Crippen LogP contribution is -2.05. The fourth-order valence-electron chi connectivity index (χ4n) is 1.49. The van der Waals surface area contributed by atoms with Crippen molar-refractivity contribution in [3.8, 4) is 23.5 Å². The fraction of sp³-hybridized carbons (Fsp3) is 0.308. The highest BCUT2D eigenvalue weighted by molar-refractivity contribution is 5.41. The molecule has 2 rings (SSSR count). The van der Waals surface area contributed by atoms with E-state index in [1.165, 1.54) is 0 Å². The van der Waals surface area contributed by atoms with E-state index in [0.29, 0.717) is 24.1 Å². The van der Waals surface area contributed by atoms with Crippen molar-refractivity contribution in [2.75, 3.05) is 26.1 Å². The molecule has 0 saturated heterocycles. The largest absolute Gasteiger partial charge is 0.493 e. The molecule has 1 heterocycles. The summed E-state index contributed by atoms with van der Waals surface area (Å²) in [6.07, 6.45) is 0. The van der Waals surface area contributed by atoms with Crippen LogP contribution in [-0.4, -0.2) is 35.7 Å². The SMILES string of the molecule is CCOc1nc(NC)nc(Oc2ccccc2OC)n1. The van der Waals surface area contributed by atoms with Crippen LogP contribution < -0.4 is 19.5 Å². The molecule has 0 amide bonds. The minimum atomic E-state index is 0.136. The summed E-state index contributed by atoms with van der Waals surface area (Å²) in [7, 11) is 3.28. The van der Waals surface area contributed by atoms with Gasteiger partial charge in [-0.05, 0) is 19.1 Å². The number of nitrogens with one attached hydrogen (secondary N) is 1. The van der Waals surface area contributed by atoms with Gasteiger partial charge in [0.25, 0.3) is 0 Å². The molecule has 0 unspecified atom stereocenters. The molecule has 0 atom stereocenters. The van der Waals surface area contributed by atoms with Gasteiger partial charge < -0.3 is 19.5 Å². The zero-order valence-corrected chi connectivity index (χ0v) is 11.6. The molecule has 7 nitrogen and oxygen atoms in total. The van der Waals surface area contributed by atoms with E-state index in [-0.39, 0.29) is 12.0 Å². The Balaban J connectivity index is 2.30. The minimum absolute atomic E-state index is 0.136. The number of benzene rings is 1. The Morgan fingerprint density at radius 3 is 2.40 bits per heavy atom. The number of methoxy groups -OCH3 is 1. The highest BCUT2D eigenvalue weighted by atomic mass is 16.5. The quantitative estimate of drug-likeness (QED) is 0.865. The topological polar surface area (TPSA) is 78.4 Å². The van der Waals surface area contributed by atoms with Gasteiger partial charge >= 0.3 is 12.0 Å². The van der Waals surface area contributed by atoms with Crippen LogP contribution in [0.5, 0.6) is 23.5 Å². The Kier molecular flexibility index (Phi) is 4.54. The van der Waals surface area contributed by atoms with Crippen molar-refractivity contribution in [3.63, 3.8) is 0 Å². The maximum absolute atomic E-state index is 5.62. The van der Waals surface area contributed by atoms with Crippen molar-refractivity contribution in [1.29, 1.82) is 0 Å². The maximum atomic E-state index is 5.62. The lowest BCUT2D eigenvalue weighted by Gasteiger charge is -2.10. The van der Waals surface area contributed by atoms with Crippen LogP contribution in [0.4, 0.5) is 5.95 Å². The van der Waals surface area contributed by atoms with E-state index in [1.807, 2.05) is 19.1 Å². The summed E-state index contributed by atoms with van der Waals surface area (Å²) in [5.74, 6) is 1.48. The molecule has 0 saturated carbocycles. The predicted molar refractivity (Wildman–Crippen MR) is 73.6 cm³/mol. The van der Waals surface area contributed by atoms with Crippen LogP contribution >= 0.6 is 0 Å². The van der Waals surface area contributed by atoms with Gasteiger partial charge in [0.15, 0.2) is 11.5 Å². The number of anilines is 1. The monoisotopic (exact) mass is 276 g/mol. The third kappa shape index (κ3) is 3.25. The number of hydrogen-bond acceptors (Lipinski definition) is 7. The fourth-order valence-corrected chi connectivity index (χ4v) is 1.49. The van der Waals surface area contributed by atoms with Crippen LogP contribution in [0.3, 0.4) is 0 Å². The number of nitrogens with zero attached hydrogens (tertiary/aromatic N) is 3. The second-order valence-corrected chi connectivity index (χ2v) is 3.66. The van der Waals surface area contributed by atoms with Crippen LogP contribution in [0, 0.1) is 0 Å². The summed E-state index contributed by atoms with van der Waals surface area (Å²) < 4.78 is 16.1. The highest BCUT2D eigenvalue weighted by Crippen LogP contribution is 2.29. The second-order valence-electron chi connectivity index (χ2n) is 3.66. The Labute approximate surface area is 116 Å². The van der Waals surface area contributed by atoms with E-state index < -0.39 is 0 Å². The first-order valence-electron chi connectivity index (χ1n) is 6.14. The average Bonchev–Trinajstić information content (AvgIpc) is 2.48. The molecular weight excluding hydrogens is 260 g/mol. The molecule has 0 aliphatic carbocycles. The van der Waals surface area contributed by atoms with Crippen molar-refractivity contribution < 1.29 is 14.2 Å². The Morgan fingerprint density at radius 1 is 1.05 bits per heavy atom. The highest BCUT2D eigenvalue weighted by Gasteiger charge is 2.11. The molecule has 1 aromatic heterocycles. The molecule has 0 aliphatic heterocycles. The lowest BCUT2D eigenvalue weighted by atomic mass is 10.3. The number of rotatable bonds is 6. The van der Waals surface area contributed by atoms with Gasteiger partial charge in [-0.25, -0.2) is 0 Å². The van der Waals surface area contributed by atoms with Crippen molar-refractivity contribution >= 4 is 5.95 Å². The van der Waals surface area contributed by atoms with E-state index in [4.69, 9.17) is 14.2 Å². The standard InChI is InChI=1S/C13H16N4O3/c1-4-19-12-15-11(14-2)16-13(17-12)20-10-8-6-5-7-9(10)18-3/h5-8H,4H2,1-3H3,(H,14,15,16,17). The number of para-hydroxylation sites is 2. The summed E-state index contributed by atoms with van der Waals surface area (Å²) in [5, 5.41) is 2.83. The third-order valence-electron chi connectivity index (χ3n) is 2.36. The summed E-state index contributed by atoms with van der Waals surface area (Å²) >= 11 is 0. The smallest absolute Gasteiger partial charge is 0.330 e. The van der Waals surface area contributed by atoms with E-state index in [0.717, 1.165) is 0 Å². The molecule has 20 heavy (non-hydrogen) atoms. The first-order valence-corrected chi connectivity index (χ1v) is 6.14. The molecule has 1 aromatic carbocycles. The molecule has 0 bridgehead atoms. The Bertz CT molecular complexity index is 577. The number of hydrogen-bond donors (Lipinski definition) is 1. The molecule has 1 N–H and O–H groups in total. The summed E-state index contributed by atoms with van der Waals surface area (Å²) in [6.45, 7) is 2.31. The van der Waals surface area contributed by atoms with E-state index in [1.54, 1.807) is 26.3 Å². The maximum Gasteiger partial charge on any atom is 0.330 e. The summed E-state index contributed by atoms with van der Waals surface area (Å²) in [5.41, 5.74) is 0. The predicted octanol–water partition coefficient (Wildman–Crippen LogP) is 2.11. The van der Waals surface area contributed by atoms with E-state index in [2.05, 4.69) is 20.3 Å². The molecule has 7 heteroatoms. The van der Waals surface area contributed by atoms with Gasteiger partial charge in [-0.15, -0.1) is 4.98 Å². The number of aromatic nitrogens is 3. The van der Waals surface area contributed by atoms with Crippen LogP contribution in [0.1, 0.15) is 6.92 Å². The van der Waals surface area contributed by atoms with E-state index in [9.17, 15) is 0 Å². The minimum Gasteiger partial charge on any atom is -0.493 e. The normalized spacial score (nSPS) is 9.95. The molecule has 0 fully saturated rings. The van der Waals surface area contributed by atoms with Gasteiger partial charge in [0.1, 0.15) is 0 Å². The molecule has 106 valence electrons. The molecular formula is C13H16N4O3. The van der Waals surface area contributed by atoms with E-state index >= 15 is 0 Å². The average molecular weight is 276 g/mol. The number of ether oxygens (including phenoxy) is 3. The van der Waals surface area contributed by atoms with Crippen LogP contribution in [-0.2, 0) is 0 Å². The van der Waals surface area contributed by atoms with Gasteiger partial charge in [0.05, 0.1) is 13.7 Å². The van der Waals surface area contributed by atoms with Crippen molar-refractivity contribution in [1.82, 2.24) is 15.0 Å². The van der Waals surface area contributed by atoms with Gasteiger partial charge in [-0.2, -0.15) is 9.97 Å². The van der Waals surface area contributed by atoms with Crippen molar-refractivity contribution in [2.24, 2.45) is 0 Å². The first-order chi connectivity index (χ1) is 9.76.